The van der Waals surface area contributed by atoms with E-state index in [9.17, 15) is 9.18 Å². The van der Waals surface area contributed by atoms with Crippen LogP contribution >= 0.6 is 11.6 Å². The Labute approximate surface area is 168 Å². The van der Waals surface area contributed by atoms with Gasteiger partial charge in [-0.1, -0.05) is 29.8 Å². The number of nitrogens with one attached hydrogen (secondary N) is 1. The molecule has 5 nitrogen and oxygen atoms in total. The monoisotopic (exact) mass is 401 g/mol. The van der Waals surface area contributed by atoms with Gasteiger partial charge in [-0.15, -0.1) is 0 Å². The minimum Gasteiger partial charge on any atom is -0.479 e. The molecular formula is C21H21ClFN3O2. The summed E-state index contributed by atoms with van der Waals surface area (Å²) in [6.45, 7) is 3.56. The van der Waals surface area contributed by atoms with Gasteiger partial charge >= 0.3 is 0 Å². The highest BCUT2D eigenvalue weighted by Gasteiger charge is 2.25. The van der Waals surface area contributed by atoms with E-state index in [1.807, 2.05) is 20.0 Å². The standard InChI is InChI=1S/C21H21ClFN3O2/c1-13-4-9-17(22)18(12-13)28-14(2)21(27)25-19(20-24-10-11-26(20)3)15-5-7-16(23)8-6-15/h4-12,14,19H,1-3H3,(H,25,27). The van der Waals surface area contributed by atoms with Crippen LogP contribution in [0.1, 0.15) is 29.9 Å². The first-order valence-corrected chi connectivity index (χ1v) is 9.19. The van der Waals surface area contributed by atoms with Crippen molar-refractivity contribution in [2.24, 2.45) is 7.05 Å². The van der Waals surface area contributed by atoms with Crippen LogP contribution < -0.4 is 10.1 Å². The number of amides is 1. The van der Waals surface area contributed by atoms with Gasteiger partial charge in [-0.25, -0.2) is 9.37 Å². The Morgan fingerprint density at radius 1 is 1.25 bits per heavy atom. The third-order valence-corrected chi connectivity index (χ3v) is 4.68. The summed E-state index contributed by atoms with van der Waals surface area (Å²) >= 11 is 6.16. The first-order valence-electron chi connectivity index (χ1n) is 8.81. The van der Waals surface area contributed by atoms with E-state index in [1.165, 1.54) is 12.1 Å². The number of aryl methyl sites for hydroxylation is 2. The number of aromatic nitrogens is 2. The maximum absolute atomic E-state index is 13.3. The molecule has 1 N–H and O–H groups in total. The molecule has 0 aliphatic carbocycles. The van der Waals surface area contributed by atoms with Crippen molar-refractivity contribution in [2.75, 3.05) is 0 Å². The molecule has 0 aliphatic heterocycles. The number of benzene rings is 2. The summed E-state index contributed by atoms with van der Waals surface area (Å²) in [5, 5.41) is 3.37. The van der Waals surface area contributed by atoms with Crippen LogP contribution in [0.3, 0.4) is 0 Å². The number of hydrogen-bond donors (Lipinski definition) is 1. The molecule has 7 heteroatoms. The molecule has 0 aliphatic rings. The number of halogens is 2. The van der Waals surface area contributed by atoms with Crippen LogP contribution in [0.4, 0.5) is 4.39 Å². The molecule has 0 radical (unpaired) electrons. The summed E-state index contributed by atoms with van der Waals surface area (Å²) < 4.78 is 20.9. The van der Waals surface area contributed by atoms with Gasteiger partial charge in [0.15, 0.2) is 6.10 Å². The first kappa shape index (κ1) is 19.9. The highest BCUT2D eigenvalue weighted by Crippen LogP contribution is 2.27. The van der Waals surface area contributed by atoms with Gasteiger partial charge in [-0.2, -0.15) is 0 Å². The lowest BCUT2D eigenvalue weighted by Crippen LogP contribution is -2.39. The summed E-state index contributed by atoms with van der Waals surface area (Å²) in [5.41, 5.74) is 1.69. The number of hydrogen-bond acceptors (Lipinski definition) is 3. The zero-order valence-electron chi connectivity index (χ0n) is 15.8. The zero-order chi connectivity index (χ0) is 20.3. The second-order valence-electron chi connectivity index (χ2n) is 6.58. The average Bonchev–Trinajstić information content (AvgIpc) is 3.09. The van der Waals surface area contributed by atoms with E-state index < -0.39 is 12.1 Å². The molecule has 28 heavy (non-hydrogen) atoms. The molecule has 2 aromatic carbocycles. The number of rotatable bonds is 6. The van der Waals surface area contributed by atoms with Crippen LogP contribution in [0.2, 0.25) is 5.02 Å². The summed E-state index contributed by atoms with van der Waals surface area (Å²) in [6.07, 6.45) is 2.64. The van der Waals surface area contributed by atoms with Gasteiger partial charge in [0.25, 0.3) is 5.91 Å². The van der Waals surface area contributed by atoms with Gasteiger partial charge in [-0.3, -0.25) is 4.79 Å². The Kier molecular flexibility index (Phi) is 5.99. The number of carbonyl (C=O) groups excluding carboxylic acids is 1. The summed E-state index contributed by atoms with van der Waals surface area (Å²) in [6, 6.07) is 10.8. The van der Waals surface area contributed by atoms with Crippen LogP contribution in [0, 0.1) is 12.7 Å². The maximum Gasteiger partial charge on any atom is 0.261 e. The molecule has 1 aromatic heterocycles. The van der Waals surface area contributed by atoms with Crippen LogP contribution in [-0.2, 0) is 11.8 Å². The smallest absolute Gasteiger partial charge is 0.261 e. The fraction of sp³-hybridized carbons (Fsp3) is 0.238. The number of imidazole rings is 1. The van der Waals surface area contributed by atoms with Crippen LogP contribution in [0.5, 0.6) is 5.75 Å². The Morgan fingerprint density at radius 2 is 1.96 bits per heavy atom. The summed E-state index contributed by atoms with van der Waals surface area (Å²) in [5.74, 6) is 0.384. The fourth-order valence-corrected chi connectivity index (χ4v) is 2.97. The lowest BCUT2D eigenvalue weighted by atomic mass is 10.1. The van der Waals surface area contributed by atoms with Crippen molar-refractivity contribution in [1.82, 2.24) is 14.9 Å². The minimum absolute atomic E-state index is 0.338. The van der Waals surface area contributed by atoms with Crippen LogP contribution in [0.25, 0.3) is 0 Å². The number of carbonyl (C=O) groups is 1. The van der Waals surface area contributed by atoms with Crippen molar-refractivity contribution in [3.8, 4) is 5.75 Å². The molecule has 1 amide bonds. The molecule has 0 saturated heterocycles. The van der Waals surface area contributed by atoms with E-state index >= 15 is 0 Å². The predicted molar refractivity (Wildman–Crippen MR) is 106 cm³/mol. The second kappa shape index (κ2) is 8.44. The first-order chi connectivity index (χ1) is 13.3. The molecule has 146 valence electrons. The van der Waals surface area contributed by atoms with Crippen molar-refractivity contribution in [3.63, 3.8) is 0 Å². The Hall–Kier alpha value is -2.86. The van der Waals surface area contributed by atoms with Crippen molar-refractivity contribution in [1.29, 1.82) is 0 Å². The largest absolute Gasteiger partial charge is 0.479 e. The van der Waals surface area contributed by atoms with Crippen molar-refractivity contribution < 1.29 is 13.9 Å². The topological polar surface area (TPSA) is 56.1 Å². The van der Waals surface area contributed by atoms with E-state index in [2.05, 4.69) is 10.3 Å². The summed E-state index contributed by atoms with van der Waals surface area (Å²) in [7, 11) is 1.83. The Morgan fingerprint density at radius 3 is 2.61 bits per heavy atom. The quantitative estimate of drug-likeness (QED) is 0.673. The van der Waals surface area contributed by atoms with Crippen molar-refractivity contribution in [3.05, 3.63) is 82.6 Å². The molecule has 0 spiro atoms. The fourth-order valence-electron chi connectivity index (χ4n) is 2.81. The van der Waals surface area contributed by atoms with Crippen LogP contribution in [-0.4, -0.2) is 21.6 Å². The molecular weight excluding hydrogens is 381 g/mol. The number of ether oxygens (including phenoxy) is 1. The zero-order valence-corrected chi connectivity index (χ0v) is 16.6. The van der Waals surface area contributed by atoms with Gasteiger partial charge in [0.1, 0.15) is 23.4 Å². The SMILES string of the molecule is Cc1ccc(Cl)c(OC(C)C(=O)NC(c2ccc(F)cc2)c2nccn2C)c1. The lowest BCUT2D eigenvalue weighted by Gasteiger charge is -2.22. The van der Waals surface area contributed by atoms with E-state index in [0.29, 0.717) is 22.2 Å². The Bertz CT molecular complexity index is 972. The molecule has 2 atom stereocenters. The normalized spacial score (nSPS) is 13.0. The molecule has 0 fully saturated rings. The third-order valence-electron chi connectivity index (χ3n) is 4.37. The van der Waals surface area contributed by atoms with Gasteiger partial charge in [0, 0.05) is 19.4 Å². The molecule has 2 unspecified atom stereocenters. The van der Waals surface area contributed by atoms with Gasteiger partial charge in [-0.05, 0) is 49.2 Å². The molecule has 0 bridgehead atoms. The van der Waals surface area contributed by atoms with E-state index in [0.717, 1.165) is 5.56 Å². The summed E-state index contributed by atoms with van der Waals surface area (Å²) in [4.78, 5) is 17.1. The van der Waals surface area contributed by atoms with Crippen LogP contribution in [0.15, 0.2) is 54.9 Å². The third kappa shape index (κ3) is 4.51. The van der Waals surface area contributed by atoms with E-state index in [1.54, 1.807) is 48.1 Å². The Balaban J connectivity index is 1.82. The van der Waals surface area contributed by atoms with Gasteiger partial charge < -0.3 is 14.6 Å². The van der Waals surface area contributed by atoms with E-state index in [-0.39, 0.29) is 11.7 Å². The molecule has 0 saturated carbocycles. The molecule has 3 aromatic rings. The maximum atomic E-state index is 13.3. The minimum atomic E-state index is -0.789. The predicted octanol–water partition coefficient (Wildman–Crippen LogP) is 4.19. The highest BCUT2D eigenvalue weighted by molar-refractivity contribution is 6.32. The highest BCUT2D eigenvalue weighted by atomic mass is 35.5. The van der Waals surface area contributed by atoms with Gasteiger partial charge in [0.2, 0.25) is 0 Å². The molecule has 3 rings (SSSR count). The average molecular weight is 402 g/mol. The molecule has 1 heterocycles. The lowest BCUT2D eigenvalue weighted by molar-refractivity contribution is -0.127. The van der Waals surface area contributed by atoms with E-state index in [4.69, 9.17) is 16.3 Å². The number of nitrogens with zero attached hydrogens (tertiary/aromatic N) is 2. The van der Waals surface area contributed by atoms with Crippen molar-refractivity contribution in [2.45, 2.75) is 26.0 Å². The van der Waals surface area contributed by atoms with Crippen molar-refractivity contribution >= 4 is 17.5 Å². The second-order valence-corrected chi connectivity index (χ2v) is 6.99. The van der Waals surface area contributed by atoms with Gasteiger partial charge in [0.05, 0.1) is 5.02 Å².